The molecule has 0 aromatic heterocycles. The molecule has 0 aromatic rings. The summed E-state index contributed by atoms with van der Waals surface area (Å²) in [6.07, 6.45) is 61.2. The van der Waals surface area contributed by atoms with Gasteiger partial charge in [-0.3, -0.25) is 9.59 Å². The van der Waals surface area contributed by atoms with E-state index in [0.29, 0.717) is 23.9 Å². The first-order valence-electron chi connectivity index (χ1n) is 24.7. The number of likely N-dealkylation sites (N-methyl/N-ethyl adjacent to an activating group) is 1. The van der Waals surface area contributed by atoms with Crippen LogP contribution in [0.5, 0.6) is 0 Å². The molecule has 0 spiro atoms. The summed E-state index contributed by atoms with van der Waals surface area (Å²) in [5.41, 5.74) is 0. The van der Waals surface area contributed by atoms with Gasteiger partial charge in [0.2, 0.25) is 0 Å². The standard InChI is InChI=1S/C56H89NO8/c1-6-8-10-12-14-16-18-20-22-24-25-26-27-28-29-31-33-35-37-39-41-43-45-47-54(59)65-52(51-64-56(55(60)61)62-49-48-57(3,4)5)50-63-53(58)46-44-42-40-38-36-34-32-30-23-21-19-17-15-13-11-9-7-2/h8-11,14-17,20-23,25-26,28-29,33,35,39,41,52,56H,6-7,12-13,18-19,24,27,30-32,34,36-38,40,42-51H2,1-5H3/p+1/b10-8-,11-9-,16-14-,17-15-,22-20-,23-21-,26-25-,29-28-,35-33-,41-39-. The Morgan fingerprint density at radius 3 is 1.28 bits per heavy atom. The zero-order valence-electron chi connectivity index (χ0n) is 41.3. The summed E-state index contributed by atoms with van der Waals surface area (Å²) >= 11 is 0. The van der Waals surface area contributed by atoms with Gasteiger partial charge >= 0.3 is 17.9 Å². The van der Waals surface area contributed by atoms with Crippen LogP contribution in [0.1, 0.15) is 155 Å². The smallest absolute Gasteiger partial charge is 0.361 e. The molecule has 0 amide bonds. The van der Waals surface area contributed by atoms with E-state index in [-0.39, 0.29) is 38.6 Å². The summed E-state index contributed by atoms with van der Waals surface area (Å²) in [4.78, 5) is 37.2. The Hall–Kier alpha value is -4.31. The van der Waals surface area contributed by atoms with Crippen molar-refractivity contribution in [3.8, 4) is 0 Å². The molecule has 0 saturated heterocycles. The molecule has 0 bridgehead atoms. The van der Waals surface area contributed by atoms with Gasteiger partial charge < -0.3 is 28.5 Å². The SMILES string of the molecule is CC/C=C\C/C=C\C/C=C\C/C=C\C/C=C\C/C=C\C/C=C\CCCC(=O)OC(COC(=O)CCCCCCCCC/C=C\C/C=C\C/C=C\CC)COC(OCC[N+](C)(C)C)C(=O)O. The molecule has 65 heavy (non-hydrogen) atoms. The van der Waals surface area contributed by atoms with E-state index in [4.69, 9.17) is 18.9 Å². The van der Waals surface area contributed by atoms with Gasteiger partial charge in [-0.05, 0) is 96.3 Å². The maximum Gasteiger partial charge on any atom is 0.361 e. The fraction of sp³-hybridized carbons (Fsp3) is 0.589. The largest absolute Gasteiger partial charge is 0.477 e. The molecular weight excluding hydrogens is 815 g/mol. The third-order valence-corrected chi connectivity index (χ3v) is 9.71. The summed E-state index contributed by atoms with van der Waals surface area (Å²) < 4.78 is 22.7. The minimum atomic E-state index is -1.54. The van der Waals surface area contributed by atoms with Gasteiger partial charge in [-0.2, -0.15) is 0 Å². The van der Waals surface area contributed by atoms with Crippen molar-refractivity contribution >= 4 is 17.9 Å². The Labute approximate surface area is 396 Å². The normalized spacial score (nSPS) is 13.9. The molecule has 0 radical (unpaired) electrons. The first-order valence-corrected chi connectivity index (χ1v) is 24.7. The van der Waals surface area contributed by atoms with Crippen molar-refractivity contribution in [1.82, 2.24) is 0 Å². The Morgan fingerprint density at radius 2 is 0.846 bits per heavy atom. The van der Waals surface area contributed by atoms with Gasteiger partial charge in [0.1, 0.15) is 13.2 Å². The molecule has 0 aliphatic carbocycles. The van der Waals surface area contributed by atoms with Crippen LogP contribution in [0.25, 0.3) is 0 Å². The molecule has 0 rings (SSSR count). The Kier molecular flexibility index (Phi) is 43.2. The van der Waals surface area contributed by atoms with E-state index >= 15 is 0 Å². The van der Waals surface area contributed by atoms with Crippen LogP contribution in [0, 0.1) is 0 Å². The number of unbranched alkanes of at least 4 members (excludes halogenated alkanes) is 8. The lowest BCUT2D eigenvalue weighted by Gasteiger charge is -2.25. The Bertz CT molecular complexity index is 1470. The average Bonchev–Trinajstić information content (AvgIpc) is 3.27. The van der Waals surface area contributed by atoms with Crippen LogP contribution in [0.15, 0.2) is 122 Å². The maximum absolute atomic E-state index is 12.8. The number of allylic oxidation sites excluding steroid dienone is 20. The van der Waals surface area contributed by atoms with Gasteiger partial charge in [-0.1, -0.05) is 167 Å². The first-order chi connectivity index (χ1) is 31.6. The predicted molar refractivity (Wildman–Crippen MR) is 271 cm³/mol. The second kappa shape index (κ2) is 46.2. The van der Waals surface area contributed by atoms with E-state index < -0.39 is 24.3 Å². The van der Waals surface area contributed by atoms with Crippen molar-refractivity contribution in [1.29, 1.82) is 0 Å². The van der Waals surface area contributed by atoms with E-state index in [0.717, 1.165) is 96.3 Å². The Balaban J connectivity index is 4.53. The number of carboxylic acid groups (broad SMARTS) is 1. The summed E-state index contributed by atoms with van der Waals surface area (Å²) in [5.74, 6) is -2.12. The highest BCUT2D eigenvalue weighted by Crippen LogP contribution is 2.12. The molecule has 9 heteroatoms. The Morgan fingerprint density at radius 1 is 0.462 bits per heavy atom. The third kappa shape index (κ3) is 47.5. The molecule has 0 saturated carbocycles. The second-order valence-electron chi connectivity index (χ2n) is 17.0. The van der Waals surface area contributed by atoms with Crippen LogP contribution in [0.4, 0.5) is 0 Å². The minimum absolute atomic E-state index is 0.167. The third-order valence-electron chi connectivity index (χ3n) is 9.71. The fourth-order valence-electron chi connectivity index (χ4n) is 5.95. The van der Waals surface area contributed by atoms with Crippen molar-refractivity contribution in [3.63, 3.8) is 0 Å². The van der Waals surface area contributed by atoms with Crippen molar-refractivity contribution in [2.45, 2.75) is 167 Å². The number of hydrogen-bond acceptors (Lipinski definition) is 7. The van der Waals surface area contributed by atoms with Crippen LogP contribution in [0.3, 0.4) is 0 Å². The second-order valence-corrected chi connectivity index (χ2v) is 17.0. The summed E-state index contributed by atoms with van der Waals surface area (Å²) in [7, 11) is 5.92. The molecule has 0 fully saturated rings. The van der Waals surface area contributed by atoms with Crippen LogP contribution in [-0.4, -0.2) is 87.4 Å². The van der Waals surface area contributed by atoms with Crippen LogP contribution in [0.2, 0.25) is 0 Å². The van der Waals surface area contributed by atoms with Crippen molar-refractivity contribution < 1.29 is 42.9 Å². The monoisotopic (exact) mass is 905 g/mol. The fourth-order valence-corrected chi connectivity index (χ4v) is 5.95. The quantitative estimate of drug-likeness (QED) is 0.0212. The molecule has 2 atom stereocenters. The molecule has 1 N–H and O–H groups in total. The van der Waals surface area contributed by atoms with Crippen molar-refractivity contribution in [2.24, 2.45) is 0 Å². The molecule has 0 aromatic carbocycles. The molecule has 2 unspecified atom stereocenters. The lowest BCUT2D eigenvalue weighted by atomic mass is 10.1. The molecule has 366 valence electrons. The molecule has 0 heterocycles. The number of nitrogens with zero attached hydrogens (tertiary/aromatic N) is 1. The van der Waals surface area contributed by atoms with E-state index in [1.165, 1.54) is 19.3 Å². The highest BCUT2D eigenvalue weighted by molar-refractivity contribution is 5.71. The van der Waals surface area contributed by atoms with Gasteiger partial charge in [-0.25, -0.2) is 4.79 Å². The van der Waals surface area contributed by atoms with Crippen LogP contribution >= 0.6 is 0 Å². The van der Waals surface area contributed by atoms with Crippen LogP contribution in [-0.2, 0) is 33.3 Å². The number of carbonyl (C=O) groups excluding carboxylic acids is 2. The number of hydrogen-bond donors (Lipinski definition) is 1. The van der Waals surface area contributed by atoms with Gasteiger partial charge in [0.05, 0.1) is 34.4 Å². The minimum Gasteiger partial charge on any atom is -0.477 e. The van der Waals surface area contributed by atoms with Gasteiger partial charge in [-0.15, -0.1) is 0 Å². The van der Waals surface area contributed by atoms with Crippen molar-refractivity contribution in [2.75, 3.05) is 47.5 Å². The summed E-state index contributed by atoms with van der Waals surface area (Å²) in [6, 6.07) is 0. The lowest BCUT2D eigenvalue weighted by Crippen LogP contribution is -2.40. The number of carboxylic acids is 1. The predicted octanol–water partition coefficient (Wildman–Crippen LogP) is 13.8. The van der Waals surface area contributed by atoms with Gasteiger partial charge in [0.15, 0.2) is 6.10 Å². The van der Waals surface area contributed by atoms with Crippen LogP contribution < -0.4 is 0 Å². The summed E-state index contributed by atoms with van der Waals surface area (Å²) in [6.45, 7) is 4.54. The highest BCUT2D eigenvalue weighted by Gasteiger charge is 2.25. The molecular formula is C56H90NO8+. The number of ether oxygens (including phenoxy) is 4. The number of quaternary nitrogens is 1. The number of carbonyl (C=O) groups is 3. The maximum atomic E-state index is 12.8. The van der Waals surface area contributed by atoms with Crippen molar-refractivity contribution in [3.05, 3.63) is 122 Å². The average molecular weight is 905 g/mol. The molecule has 0 aliphatic rings. The van der Waals surface area contributed by atoms with Gasteiger partial charge in [0, 0.05) is 12.8 Å². The van der Waals surface area contributed by atoms with Gasteiger partial charge in [0.25, 0.3) is 6.29 Å². The first kappa shape index (κ1) is 60.7. The zero-order chi connectivity index (χ0) is 47.7. The van der Waals surface area contributed by atoms with E-state index in [2.05, 4.69) is 135 Å². The lowest BCUT2D eigenvalue weighted by molar-refractivity contribution is -0.870. The molecule has 0 aliphatic heterocycles. The van der Waals surface area contributed by atoms with E-state index in [9.17, 15) is 19.5 Å². The van der Waals surface area contributed by atoms with E-state index in [1.807, 2.05) is 21.1 Å². The highest BCUT2D eigenvalue weighted by atomic mass is 16.7. The number of aliphatic carboxylic acids is 1. The molecule has 9 nitrogen and oxygen atoms in total. The van der Waals surface area contributed by atoms with E-state index in [1.54, 1.807) is 0 Å². The summed E-state index contributed by atoms with van der Waals surface area (Å²) in [5, 5.41) is 9.66. The number of rotatable bonds is 43. The zero-order valence-corrected chi connectivity index (χ0v) is 41.3. The number of esters is 2. The topological polar surface area (TPSA) is 108 Å².